The minimum atomic E-state index is -0.0409. The highest BCUT2D eigenvalue weighted by Crippen LogP contribution is 2.29. The summed E-state index contributed by atoms with van der Waals surface area (Å²) < 4.78 is 0.839. The van der Waals surface area contributed by atoms with Gasteiger partial charge in [-0.1, -0.05) is 46.9 Å². The Bertz CT molecular complexity index is 619. The second-order valence-corrected chi connectivity index (χ2v) is 6.42. The zero-order valence-electron chi connectivity index (χ0n) is 10.3. The van der Waals surface area contributed by atoms with E-state index >= 15 is 0 Å². The normalized spacial score (nSPS) is 12.4. The van der Waals surface area contributed by atoms with Crippen LogP contribution in [0.3, 0.4) is 0 Å². The van der Waals surface area contributed by atoms with Crippen molar-refractivity contribution < 1.29 is 0 Å². The van der Waals surface area contributed by atoms with E-state index in [0.717, 1.165) is 15.6 Å². The van der Waals surface area contributed by atoms with Gasteiger partial charge in [-0.2, -0.15) is 0 Å². The van der Waals surface area contributed by atoms with Gasteiger partial charge in [0, 0.05) is 4.47 Å². The molecule has 0 fully saturated rings. The number of hydrogen-bond donors (Lipinski definition) is 2. The Hall–Kier alpha value is -0.290. The van der Waals surface area contributed by atoms with Crippen LogP contribution in [0.5, 0.6) is 0 Å². The van der Waals surface area contributed by atoms with Gasteiger partial charge in [0.25, 0.3) is 0 Å². The van der Waals surface area contributed by atoms with E-state index in [1.807, 2.05) is 30.3 Å². The van der Waals surface area contributed by atoms with Crippen molar-refractivity contribution in [3.05, 3.63) is 67.1 Å². The summed E-state index contributed by atoms with van der Waals surface area (Å²) in [7, 11) is 0. The number of hydrazine groups is 1. The van der Waals surface area contributed by atoms with E-state index in [2.05, 4.69) is 21.4 Å². The average Bonchev–Trinajstić information content (AvgIpc) is 2.43. The van der Waals surface area contributed by atoms with Crippen LogP contribution < -0.4 is 11.3 Å². The van der Waals surface area contributed by atoms with Crippen LogP contribution in [-0.2, 0) is 6.42 Å². The predicted molar refractivity (Wildman–Crippen MR) is 89.4 cm³/mol. The zero-order valence-corrected chi connectivity index (χ0v) is 14.2. The first-order valence-electron chi connectivity index (χ1n) is 5.86. The highest BCUT2D eigenvalue weighted by Gasteiger charge is 2.13. The molecule has 1 atom stereocenters. The number of nitrogens with two attached hydrogens (primary N) is 1. The third-order valence-corrected chi connectivity index (χ3v) is 4.92. The first-order valence-corrected chi connectivity index (χ1v) is 7.79. The summed E-state index contributed by atoms with van der Waals surface area (Å²) in [5, 5.41) is 1.75. The second-order valence-electron chi connectivity index (χ2n) is 4.35. The number of hydrogen-bond acceptors (Lipinski definition) is 2. The Kier molecular flexibility index (Phi) is 5.73. The van der Waals surface area contributed by atoms with Gasteiger partial charge in [0.2, 0.25) is 0 Å². The summed E-state index contributed by atoms with van der Waals surface area (Å²) in [5.74, 6) is 5.65. The van der Waals surface area contributed by atoms with Crippen LogP contribution in [0, 0.1) is 0 Å². The van der Waals surface area contributed by atoms with Crippen molar-refractivity contribution in [2.75, 3.05) is 0 Å². The van der Waals surface area contributed by atoms with Crippen LogP contribution in [0.4, 0.5) is 0 Å². The fourth-order valence-electron chi connectivity index (χ4n) is 1.90. The lowest BCUT2D eigenvalue weighted by Crippen LogP contribution is -2.29. The van der Waals surface area contributed by atoms with Crippen LogP contribution in [0.2, 0.25) is 15.1 Å². The maximum Gasteiger partial charge on any atom is 0.0595 e. The lowest BCUT2D eigenvalue weighted by atomic mass is 9.99. The molecule has 0 aliphatic carbocycles. The molecule has 0 saturated heterocycles. The van der Waals surface area contributed by atoms with Crippen molar-refractivity contribution in [2.45, 2.75) is 12.5 Å². The number of halogens is 4. The number of rotatable bonds is 4. The second kappa shape index (κ2) is 7.12. The van der Waals surface area contributed by atoms with Gasteiger partial charge in [-0.15, -0.1) is 0 Å². The molecule has 2 nitrogen and oxygen atoms in total. The highest BCUT2D eigenvalue weighted by atomic mass is 79.9. The molecule has 20 heavy (non-hydrogen) atoms. The Morgan fingerprint density at radius 2 is 1.70 bits per heavy atom. The van der Waals surface area contributed by atoms with E-state index in [9.17, 15) is 0 Å². The van der Waals surface area contributed by atoms with Gasteiger partial charge in [-0.05, 0) is 57.7 Å². The van der Waals surface area contributed by atoms with E-state index < -0.39 is 0 Å². The molecular weight excluding hydrogens is 382 g/mol. The van der Waals surface area contributed by atoms with Crippen LogP contribution in [-0.4, -0.2) is 0 Å². The lowest BCUT2D eigenvalue weighted by molar-refractivity contribution is 0.552. The van der Waals surface area contributed by atoms with Crippen LogP contribution in [0.15, 0.2) is 40.9 Å². The molecule has 0 amide bonds. The maximum atomic E-state index is 6.02. The minimum absolute atomic E-state index is 0.0409. The summed E-state index contributed by atoms with van der Waals surface area (Å²) in [6.45, 7) is 0. The molecule has 2 aromatic rings. The average molecular weight is 395 g/mol. The van der Waals surface area contributed by atoms with Gasteiger partial charge in [0.05, 0.1) is 21.1 Å². The molecule has 2 rings (SSSR count). The molecule has 6 heteroatoms. The predicted octanol–water partition coefficient (Wildman–Crippen LogP) is 5.16. The van der Waals surface area contributed by atoms with Gasteiger partial charge < -0.3 is 0 Å². The molecular formula is C14H12BrCl3N2. The van der Waals surface area contributed by atoms with Gasteiger partial charge in [0.15, 0.2) is 0 Å². The molecule has 0 heterocycles. The Balaban J connectivity index is 2.23. The SMILES string of the molecule is NNC(Cc1ccc(Cl)c(Cl)c1)c1ccc(Cl)c(Br)c1. The third kappa shape index (κ3) is 3.88. The summed E-state index contributed by atoms with van der Waals surface area (Å²) >= 11 is 21.3. The van der Waals surface area contributed by atoms with Crippen LogP contribution >= 0.6 is 50.7 Å². The fourth-order valence-corrected chi connectivity index (χ4v) is 2.74. The fraction of sp³-hybridized carbons (Fsp3) is 0.143. The molecule has 3 N–H and O–H groups in total. The Morgan fingerprint density at radius 3 is 2.30 bits per heavy atom. The van der Waals surface area contributed by atoms with E-state index in [-0.39, 0.29) is 6.04 Å². The van der Waals surface area contributed by atoms with Crippen molar-refractivity contribution in [2.24, 2.45) is 5.84 Å². The molecule has 0 spiro atoms. The van der Waals surface area contributed by atoms with Crippen molar-refractivity contribution in [1.82, 2.24) is 5.43 Å². The van der Waals surface area contributed by atoms with E-state index in [1.54, 1.807) is 6.07 Å². The summed E-state index contributed by atoms with van der Waals surface area (Å²) in [6.07, 6.45) is 0.696. The van der Waals surface area contributed by atoms with E-state index in [0.29, 0.717) is 21.5 Å². The molecule has 0 saturated carbocycles. The monoisotopic (exact) mass is 392 g/mol. The zero-order chi connectivity index (χ0) is 14.7. The minimum Gasteiger partial charge on any atom is -0.271 e. The number of nitrogens with one attached hydrogen (secondary N) is 1. The smallest absolute Gasteiger partial charge is 0.0595 e. The van der Waals surface area contributed by atoms with Gasteiger partial charge in [-0.3, -0.25) is 11.3 Å². The van der Waals surface area contributed by atoms with E-state index in [1.165, 1.54) is 0 Å². The third-order valence-electron chi connectivity index (χ3n) is 2.97. The lowest BCUT2D eigenvalue weighted by Gasteiger charge is -2.17. The first-order chi connectivity index (χ1) is 9.51. The summed E-state index contributed by atoms with van der Waals surface area (Å²) in [5.41, 5.74) is 4.89. The van der Waals surface area contributed by atoms with Crippen molar-refractivity contribution >= 4 is 50.7 Å². The molecule has 2 aromatic carbocycles. The molecule has 0 bridgehead atoms. The summed E-state index contributed by atoms with van der Waals surface area (Å²) in [4.78, 5) is 0. The Morgan fingerprint density at radius 1 is 1.00 bits per heavy atom. The van der Waals surface area contributed by atoms with Crippen LogP contribution in [0.1, 0.15) is 17.2 Å². The van der Waals surface area contributed by atoms with Crippen LogP contribution in [0.25, 0.3) is 0 Å². The molecule has 0 radical (unpaired) electrons. The molecule has 1 unspecified atom stereocenters. The molecule has 106 valence electrons. The summed E-state index contributed by atoms with van der Waals surface area (Å²) in [6, 6.07) is 11.2. The van der Waals surface area contributed by atoms with Crippen molar-refractivity contribution in [3.63, 3.8) is 0 Å². The molecule has 0 aliphatic rings. The van der Waals surface area contributed by atoms with E-state index in [4.69, 9.17) is 40.6 Å². The highest BCUT2D eigenvalue weighted by molar-refractivity contribution is 9.10. The standard InChI is InChI=1S/C14H12BrCl3N2/c15-10-7-9(2-4-11(10)16)14(20-19)6-8-1-3-12(17)13(18)5-8/h1-5,7,14,20H,6,19H2. The number of benzene rings is 2. The van der Waals surface area contributed by atoms with Gasteiger partial charge >= 0.3 is 0 Å². The van der Waals surface area contributed by atoms with Crippen molar-refractivity contribution in [1.29, 1.82) is 0 Å². The first kappa shape index (κ1) is 16.1. The van der Waals surface area contributed by atoms with Gasteiger partial charge in [0.1, 0.15) is 0 Å². The molecule has 0 aliphatic heterocycles. The quantitative estimate of drug-likeness (QED) is 0.555. The van der Waals surface area contributed by atoms with Crippen molar-refractivity contribution in [3.8, 4) is 0 Å². The molecule has 0 aromatic heterocycles. The maximum absolute atomic E-state index is 6.02. The topological polar surface area (TPSA) is 38.0 Å². The largest absolute Gasteiger partial charge is 0.271 e. The van der Waals surface area contributed by atoms with Gasteiger partial charge in [-0.25, -0.2) is 0 Å². The Labute approximate surface area is 141 Å².